The van der Waals surface area contributed by atoms with Crippen LogP contribution in [0.25, 0.3) is 0 Å². The minimum atomic E-state index is -0.325. The Labute approximate surface area is 131 Å². The standard InChI is InChI=1S/C17H25FN2O2/c1-13(22-16-7-3-5-14(18)11-16)12-19-17(21)9-8-15-6-4-10-20(15)2/h3,5,7,11,13,15H,4,6,8-10,12H2,1-2H3,(H,19,21). The van der Waals surface area contributed by atoms with Crippen LogP contribution < -0.4 is 10.1 Å². The van der Waals surface area contributed by atoms with Gasteiger partial charge < -0.3 is 15.0 Å². The number of ether oxygens (including phenoxy) is 1. The lowest BCUT2D eigenvalue weighted by Gasteiger charge is -2.19. The predicted molar refractivity (Wildman–Crippen MR) is 84.4 cm³/mol. The van der Waals surface area contributed by atoms with E-state index in [0.29, 0.717) is 24.8 Å². The summed E-state index contributed by atoms with van der Waals surface area (Å²) in [7, 11) is 2.12. The fourth-order valence-electron chi connectivity index (χ4n) is 2.80. The van der Waals surface area contributed by atoms with Crippen LogP contribution in [-0.4, -0.2) is 43.1 Å². The number of rotatable bonds is 7. The second-order valence-corrected chi connectivity index (χ2v) is 6.01. The molecule has 122 valence electrons. The lowest BCUT2D eigenvalue weighted by atomic mass is 10.1. The van der Waals surface area contributed by atoms with E-state index < -0.39 is 0 Å². The van der Waals surface area contributed by atoms with Crippen molar-refractivity contribution in [3.63, 3.8) is 0 Å². The first-order valence-corrected chi connectivity index (χ1v) is 7.94. The van der Waals surface area contributed by atoms with Gasteiger partial charge in [-0.15, -0.1) is 0 Å². The molecule has 0 aliphatic carbocycles. The van der Waals surface area contributed by atoms with E-state index in [0.717, 1.165) is 13.0 Å². The van der Waals surface area contributed by atoms with Crippen molar-refractivity contribution in [1.82, 2.24) is 10.2 Å². The second kappa shape index (κ2) is 8.13. The maximum Gasteiger partial charge on any atom is 0.220 e. The molecule has 2 atom stereocenters. The molecule has 1 aliphatic heterocycles. The number of halogens is 1. The summed E-state index contributed by atoms with van der Waals surface area (Å²) in [5.41, 5.74) is 0. The summed E-state index contributed by atoms with van der Waals surface area (Å²) in [6, 6.07) is 6.56. The van der Waals surface area contributed by atoms with Gasteiger partial charge in [0.1, 0.15) is 17.7 Å². The van der Waals surface area contributed by atoms with Gasteiger partial charge in [-0.2, -0.15) is 0 Å². The molecule has 1 aromatic rings. The third kappa shape index (κ3) is 5.30. The lowest BCUT2D eigenvalue weighted by molar-refractivity contribution is -0.121. The summed E-state index contributed by atoms with van der Waals surface area (Å²) in [6.07, 6.45) is 3.66. The quantitative estimate of drug-likeness (QED) is 0.842. The number of amides is 1. The van der Waals surface area contributed by atoms with Crippen LogP contribution in [0.1, 0.15) is 32.6 Å². The Morgan fingerprint density at radius 2 is 2.36 bits per heavy atom. The summed E-state index contributed by atoms with van der Waals surface area (Å²) in [4.78, 5) is 14.2. The first kappa shape index (κ1) is 16.7. The Kier molecular flexibility index (Phi) is 6.19. The van der Waals surface area contributed by atoms with Crippen molar-refractivity contribution in [2.45, 2.75) is 44.8 Å². The number of nitrogens with zero attached hydrogens (tertiary/aromatic N) is 1. The summed E-state index contributed by atoms with van der Waals surface area (Å²) in [6.45, 7) is 3.41. The van der Waals surface area contributed by atoms with E-state index in [9.17, 15) is 9.18 Å². The molecule has 2 unspecified atom stereocenters. The summed E-state index contributed by atoms with van der Waals surface area (Å²) in [5.74, 6) is 0.207. The molecular formula is C17H25FN2O2. The van der Waals surface area contributed by atoms with Gasteiger partial charge in [0, 0.05) is 18.5 Å². The van der Waals surface area contributed by atoms with Gasteiger partial charge in [-0.25, -0.2) is 4.39 Å². The third-order valence-corrected chi connectivity index (χ3v) is 4.10. The molecule has 1 heterocycles. The highest BCUT2D eigenvalue weighted by molar-refractivity contribution is 5.75. The van der Waals surface area contributed by atoms with Crippen molar-refractivity contribution in [2.75, 3.05) is 20.1 Å². The Balaban J connectivity index is 1.65. The number of benzene rings is 1. The van der Waals surface area contributed by atoms with Crippen LogP contribution in [0.15, 0.2) is 24.3 Å². The molecule has 1 amide bonds. The van der Waals surface area contributed by atoms with Gasteiger partial charge in [-0.3, -0.25) is 4.79 Å². The molecule has 1 fully saturated rings. The third-order valence-electron chi connectivity index (χ3n) is 4.10. The Hall–Kier alpha value is -1.62. The van der Waals surface area contributed by atoms with E-state index in [1.165, 1.54) is 25.0 Å². The van der Waals surface area contributed by atoms with Crippen LogP contribution in [0.3, 0.4) is 0 Å². The molecule has 4 nitrogen and oxygen atoms in total. The van der Waals surface area contributed by atoms with Crippen LogP contribution in [0.5, 0.6) is 5.75 Å². The van der Waals surface area contributed by atoms with Gasteiger partial charge in [-0.05, 0) is 51.9 Å². The zero-order chi connectivity index (χ0) is 15.9. The minimum Gasteiger partial charge on any atom is -0.489 e. The molecule has 0 bridgehead atoms. The predicted octanol–water partition coefficient (Wildman–Crippen LogP) is 2.58. The molecule has 0 aromatic heterocycles. The van der Waals surface area contributed by atoms with E-state index in [1.54, 1.807) is 12.1 Å². The molecule has 1 aliphatic rings. The van der Waals surface area contributed by atoms with Crippen molar-refractivity contribution in [2.24, 2.45) is 0 Å². The maximum atomic E-state index is 13.1. The summed E-state index contributed by atoms with van der Waals surface area (Å²) < 4.78 is 18.6. The first-order valence-electron chi connectivity index (χ1n) is 7.94. The molecule has 2 rings (SSSR count). The van der Waals surface area contributed by atoms with Crippen molar-refractivity contribution >= 4 is 5.91 Å². The summed E-state index contributed by atoms with van der Waals surface area (Å²) in [5, 5.41) is 2.88. The maximum absolute atomic E-state index is 13.1. The average Bonchev–Trinajstić information content (AvgIpc) is 2.88. The highest BCUT2D eigenvalue weighted by Gasteiger charge is 2.21. The van der Waals surface area contributed by atoms with E-state index in [2.05, 4.69) is 17.3 Å². The first-order chi connectivity index (χ1) is 10.5. The van der Waals surface area contributed by atoms with Gasteiger partial charge >= 0.3 is 0 Å². The largest absolute Gasteiger partial charge is 0.489 e. The Morgan fingerprint density at radius 3 is 3.05 bits per heavy atom. The van der Waals surface area contributed by atoms with Gasteiger partial charge in [0.25, 0.3) is 0 Å². The van der Waals surface area contributed by atoms with E-state index in [4.69, 9.17) is 4.74 Å². The monoisotopic (exact) mass is 308 g/mol. The smallest absolute Gasteiger partial charge is 0.220 e. The molecule has 0 spiro atoms. The number of hydrogen-bond donors (Lipinski definition) is 1. The average molecular weight is 308 g/mol. The molecule has 0 saturated carbocycles. The number of likely N-dealkylation sites (tertiary alicyclic amines) is 1. The highest BCUT2D eigenvalue weighted by atomic mass is 19.1. The topological polar surface area (TPSA) is 41.6 Å². The van der Waals surface area contributed by atoms with Crippen molar-refractivity contribution in [3.05, 3.63) is 30.1 Å². The molecule has 22 heavy (non-hydrogen) atoms. The van der Waals surface area contributed by atoms with Crippen molar-refractivity contribution in [1.29, 1.82) is 0 Å². The van der Waals surface area contributed by atoms with Crippen molar-refractivity contribution in [3.8, 4) is 5.75 Å². The Bertz CT molecular complexity index is 495. The van der Waals surface area contributed by atoms with Gasteiger partial charge in [0.2, 0.25) is 5.91 Å². The number of nitrogens with one attached hydrogen (secondary N) is 1. The van der Waals surface area contributed by atoms with Crippen LogP contribution >= 0.6 is 0 Å². The SMILES string of the molecule is CC(CNC(=O)CCC1CCCN1C)Oc1cccc(F)c1. The Morgan fingerprint density at radius 1 is 1.55 bits per heavy atom. The fraction of sp³-hybridized carbons (Fsp3) is 0.588. The zero-order valence-corrected chi connectivity index (χ0v) is 13.3. The zero-order valence-electron chi connectivity index (χ0n) is 13.3. The van der Waals surface area contributed by atoms with Crippen LogP contribution in [0.2, 0.25) is 0 Å². The number of carbonyl (C=O) groups is 1. The van der Waals surface area contributed by atoms with E-state index >= 15 is 0 Å². The molecule has 1 saturated heterocycles. The highest BCUT2D eigenvalue weighted by Crippen LogP contribution is 2.19. The molecule has 1 aromatic carbocycles. The molecular weight excluding hydrogens is 283 g/mol. The van der Waals surface area contributed by atoms with E-state index in [1.807, 2.05) is 6.92 Å². The van der Waals surface area contributed by atoms with Crippen LogP contribution in [-0.2, 0) is 4.79 Å². The van der Waals surface area contributed by atoms with Crippen LogP contribution in [0, 0.1) is 5.82 Å². The molecule has 5 heteroatoms. The van der Waals surface area contributed by atoms with Gasteiger partial charge in [0.05, 0.1) is 6.54 Å². The lowest BCUT2D eigenvalue weighted by Crippen LogP contribution is -2.34. The normalized spacial score (nSPS) is 19.9. The molecule has 0 radical (unpaired) electrons. The number of hydrogen-bond acceptors (Lipinski definition) is 3. The van der Waals surface area contributed by atoms with E-state index in [-0.39, 0.29) is 17.8 Å². The minimum absolute atomic E-state index is 0.0509. The van der Waals surface area contributed by atoms with Gasteiger partial charge in [-0.1, -0.05) is 6.07 Å². The van der Waals surface area contributed by atoms with Crippen LogP contribution in [0.4, 0.5) is 4.39 Å². The van der Waals surface area contributed by atoms with Crippen molar-refractivity contribution < 1.29 is 13.9 Å². The fourth-order valence-corrected chi connectivity index (χ4v) is 2.80. The molecule has 1 N–H and O–H groups in total. The summed E-state index contributed by atoms with van der Waals surface area (Å²) >= 11 is 0. The van der Waals surface area contributed by atoms with Gasteiger partial charge in [0.15, 0.2) is 0 Å². The number of carbonyl (C=O) groups excluding carboxylic acids is 1. The second-order valence-electron chi connectivity index (χ2n) is 6.01.